The summed E-state index contributed by atoms with van der Waals surface area (Å²) in [4.78, 5) is 28.9. The average Bonchev–Trinajstić information content (AvgIpc) is 3.40. The fraction of sp³-hybridized carbons (Fsp3) is 0.310. The zero-order valence-electron chi connectivity index (χ0n) is 20.0. The van der Waals surface area contributed by atoms with E-state index in [0.29, 0.717) is 22.2 Å². The summed E-state index contributed by atoms with van der Waals surface area (Å²) >= 11 is 12.4. The van der Waals surface area contributed by atoms with Gasteiger partial charge in [-0.3, -0.25) is 9.59 Å². The maximum atomic E-state index is 13.6. The number of nitrogens with zero attached hydrogens (tertiary/aromatic N) is 1. The fourth-order valence-corrected chi connectivity index (χ4v) is 4.81. The summed E-state index contributed by atoms with van der Waals surface area (Å²) in [7, 11) is 0. The smallest absolute Gasteiger partial charge is 0.261 e. The molecule has 1 saturated carbocycles. The molecule has 0 heterocycles. The highest BCUT2D eigenvalue weighted by atomic mass is 35.5. The number of carbonyl (C=O) groups excluding carboxylic acids is 2. The molecule has 0 bridgehead atoms. The number of ether oxygens (including phenoxy) is 1. The van der Waals surface area contributed by atoms with Gasteiger partial charge in [-0.2, -0.15) is 0 Å². The zero-order valence-corrected chi connectivity index (χ0v) is 21.5. The lowest BCUT2D eigenvalue weighted by atomic mass is 10.0. The van der Waals surface area contributed by atoms with Crippen molar-refractivity contribution in [2.45, 2.75) is 50.7 Å². The summed E-state index contributed by atoms with van der Waals surface area (Å²) < 4.78 is 5.77. The highest BCUT2D eigenvalue weighted by Crippen LogP contribution is 2.23. The van der Waals surface area contributed by atoms with E-state index in [1.807, 2.05) is 48.5 Å². The van der Waals surface area contributed by atoms with Crippen LogP contribution in [-0.4, -0.2) is 35.4 Å². The van der Waals surface area contributed by atoms with Crippen LogP contribution in [-0.2, 0) is 22.6 Å². The Hall–Kier alpha value is -3.02. The van der Waals surface area contributed by atoms with Crippen LogP contribution < -0.4 is 10.1 Å². The second-order valence-electron chi connectivity index (χ2n) is 9.05. The van der Waals surface area contributed by atoms with Crippen LogP contribution in [0.2, 0.25) is 10.0 Å². The number of benzene rings is 3. The van der Waals surface area contributed by atoms with Gasteiger partial charge in [0.15, 0.2) is 6.61 Å². The molecule has 3 aromatic rings. The van der Waals surface area contributed by atoms with Crippen molar-refractivity contribution in [3.05, 3.63) is 100 Å². The third-order valence-electron chi connectivity index (χ3n) is 6.45. The molecule has 1 unspecified atom stereocenters. The van der Waals surface area contributed by atoms with Crippen LogP contribution in [0.4, 0.5) is 0 Å². The van der Waals surface area contributed by atoms with Crippen molar-refractivity contribution in [3.63, 3.8) is 0 Å². The molecule has 0 spiro atoms. The fourth-order valence-electron chi connectivity index (χ4n) is 4.49. The van der Waals surface area contributed by atoms with E-state index in [4.69, 9.17) is 27.9 Å². The van der Waals surface area contributed by atoms with Crippen molar-refractivity contribution in [2.75, 3.05) is 6.61 Å². The number of nitrogens with one attached hydrogen (secondary N) is 1. The first-order valence-corrected chi connectivity index (χ1v) is 13.0. The first-order valence-electron chi connectivity index (χ1n) is 12.2. The number of rotatable bonds is 10. The van der Waals surface area contributed by atoms with E-state index in [0.717, 1.165) is 36.8 Å². The quantitative estimate of drug-likeness (QED) is 0.350. The monoisotopic (exact) mass is 524 g/mol. The Labute approximate surface area is 222 Å². The number of carbonyl (C=O) groups is 2. The molecular weight excluding hydrogens is 495 g/mol. The molecule has 5 nitrogen and oxygen atoms in total. The Morgan fingerprint density at radius 3 is 2.28 bits per heavy atom. The summed E-state index contributed by atoms with van der Waals surface area (Å²) in [5.41, 5.74) is 1.74. The Balaban J connectivity index is 1.61. The SMILES string of the molecule is O=C(NC1CCCC1)C(Cc1ccccc1)N(Cc1ccccc1Cl)C(=O)COc1ccc(Cl)cc1. The molecule has 0 aliphatic heterocycles. The predicted molar refractivity (Wildman–Crippen MR) is 143 cm³/mol. The van der Waals surface area contributed by atoms with E-state index >= 15 is 0 Å². The Kier molecular flexibility index (Phi) is 9.26. The molecule has 1 atom stereocenters. The van der Waals surface area contributed by atoms with E-state index in [2.05, 4.69) is 5.32 Å². The van der Waals surface area contributed by atoms with Crippen molar-refractivity contribution in [1.29, 1.82) is 0 Å². The van der Waals surface area contributed by atoms with Crippen LogP contribution in [0.3, 0.4) is 0 Å². The van der Waals surface area contributed by atoms with E-state index in [-0.39, 0.29) is 31.0 Å². The van der Waals surface area contributed by atoms with Gasteiger partial charge in [0.1, 0.15) is 11.8 Å². The van der Waals surface area contributed by atoms with Crippen molar-refractivity contribution < 1.29 is 14.3 Å². The summed E-state index contributed by atoms with van der Waals surface area (Å²) in [6.45, 7) is -0.0217. The van der Waals surface area contributed by atoms with Gasteiger partial charge in [-0.25, -0.2) is 0 Å². The van der Waals surface area contributed by atoms with Crippen molar-refractivity contribution in [2.24, 2.45) is 0 Å². The molecule has 4 rings (SSSR count). The zero-order chi connectivity index (χ0) is 25.3. The molecule has 1 fully saturated rings. The molecule has 2 amide bonds. The first-order chi connectivity index (χ1) is 17.5. The Bertz CT molecular complexity index is 1150. The van der Waals surface area contributed by atoms with E-state index in [9.17, 15) is 9.59 Å². The molecule has 3 aromatic carbocycles. The van der Waals surface area contributed by atoms with Gasteiger partial charge in [0, 0.05) is 29.1 Å². The van der Waals surface area contributed by atoms with Crippen LogP contribution in [0.5, 0.6) is 5.75 Å². The lowest BCUT2D eigenvalue weighted by molar-refractivity contribution is -0.143. The topological polar surface area (TPSA) is 58.6 Å². The van der Waals surface area contributed by atoms with Gasteiger partial charge >= 0.3 is 0 Å². The molecule has 7 heteroatoms. The van der Waals surface area contributed by atoms with Gasteiger partial charge in [0.2, 0.25) is 5.91 Å². The lowest BCUT2D eigenvalue weighted by Gasteiger charge is -2.32. The lowest BCUT2D eigenvalue weighted by Crippen LogP contribution is -2.53. The van der Waals surface area contributed by atoms with E-state index in [1.165, 1.54) is 0 Å². The summed E-state index contributed by atoms with van der Waals surface area (Å²) in [6, 6.07) is 23.4. The molecule has 1 aliphatic carbocycles. The molecule has 0 radical (unpaired) electrons. The van der Waals surface area contributed by atoms with Gasteiger partial charge in [0.25, 0.3) is 5.91 Å². The number of hydrogen-bond acceptors (Lipinski definition) is 3. The molecule has 188 valence electrons. The van der Waals surface area contributed by atoms with Crippen molar-refractivity contribution >= 4 is 35.0 Å². The number of hydrogen-bond donors (Lipinski definition) is 1. The second-order valence-corrected chi connectivity index (χ2v) is 9.89. The molecule has 0 aromatic heterocycles. The molecule has 1 N–H and O–H groups in total. The van der Waals surface area contributed by atoms with Gasteiger partial charge in [-0.1, -0.05) is 84.6 Å². The second kappa shape index (κ2) is 12.8. The maximum absolute atomic E-state index is 13.6. The minimum atomic E-state index is -0.717. The Morgan fingerprint density at radius 1 is 0.917 bits per heavy atom. The average molecular weight is 525 g/mol. The molecular formula is C29H30Cl2N2O3. The molecule has 0 saturated heterocycles. The highest BCUT2D eigenvalue weighted by Gasteiger charge is 2.32. The minimum absolute atomic E-state index is 0.137. The normalized spacial score (nSPS) is 14.3. The third kappa shape index (κ3) is 7.25. The van der Waals surface area contributed by atoms with Crippen LogP contribution >= 0.6 is 23.2 Å². The minimum Gasteiger partial charge on any atom is -0.484 e. The molecule has 1 aliphatic rings. The Morgan fingerprint density at radius 2 is 1.58 bits per heavy atom. The van der Waals surface area contributed by atoms with Crippen LogP contribution in [0, 0.1) is 0 Å². The van der Waals surface area contributed by atoms with E-state index < -0.39 is 6.04 Å². The summed E-state index contributed by atoms with van der Waals surface area (Å²) in [6.07, 6.45) is 4.51. The predicted octanol–water partition coefficient (Wildman–Crippen LogP) is 6.07. The number of amides is 2. The van der Waals surface area contributed by atoms with Crippen LogP contribution in [0.1, 0.15) is 36.8 Å². The third-order valence-corrected chi connectivity index (χ3v) is 7.07. The van der Waals surface area contributed by atoms with Gasteiger partial charge in [-0.05, 0) is 54.3 Å². The van der Waals surface area contributed by atoms with Crippen molar-refractivity contribution in [3.8, 4) is 5.75 Å². The van der Waals surface area contributed by atoms with Crippen LogP contribution in [0.25, 0.3) is 0 Å². The standard InChI is InChI=1S/C29H30Cl2N2O3/c30-23-14-16-25(17-15-23)36-20-28(34)33(19-22-10-4-7-13-26(22)31)27(18-21-8-2-1-3-9-21)29(35)32-24-11-5-6-12-24/h1-4,7-10,13-17,24,27H,5-6,11-12,18-20H2,(H,32,35). The van der Waals surface area contributed by atoms with Crippen LogP contribution in [0.15, 0.2) is 78.9 Å². The van der Waals surface area contributed by atoms with Crippen molar-refractivity contribution in [1.82, 2.24) is 10.2 Å². The van der Waals surface area contributed by atoms with Gasteiger partial charge in [-0.15, -0.1) is 0 Å². The molecule has 36 heavy (non-hydrogen) atoms. The summed E-state index contributed by atoms with van der Waals surface area (Å²) in [5, 5.41) is 4.32. The summed E-state index contributed by atoms with van der Waals surface area (Å²) in [5.74, 6) is 0.0745. The van der Waals surface area contributed by atoms with E-state index in [1.54, 1.807) is 35.2 Å². The highest BCUT2D eigenvalue weighted by molar-refractivity contribution is 6.31. The largest absolute Gasteiger partial charge is 0.484 e. The van der Waals surface area contributed by atoms with Gasteiger partial charge < -0.3 is 15.0 Å². The first kappa shape index (κ1) is 26.1. The maximum Gasteiger partial charge on any atom is 0.261 e. The number of halogens is 2. The van der Waals surface area contributed by atoms with Gasteiger partial charge in [0.05, 0.1) is 0 Å².